The molecule has 0 saturated carbocycles. The van der Waals surface area contributed by atoms with Crippen molar-refractivity contribution in [2.45, 2.75) is 59.3 Å². The number of rotatable bonds is 16. The number of allylic oxidation sites excluding steroid dienone is 3. The highest BCUT2D eigenvalue weighted by Crippen LogP contribution is 2.13. The summed E-state index contributed by atoms with van der Waals surface area (Å²) >= 11 is 1.70. The van der Waals surface area contributed by atoms with Crippen LogP contribution in [0, 0.1) is 0 Å². The first-order valence-corrected chi connectivity index (χ1v) is 14.0. The quantitative estimate of drug-likeness (QED) is 0.131. The standard InChI is InChI=1S/C15H16N2O2S.C12H25NO.C2H6/c1-2-3-9-14-16-15(19-17-14)12-20-11-10-18-13-7-5-4-6-8-13;1-5-7-10-14-11-8-9-12(3)13(4)6-2;1-2/h2-9H,1,10-12H2;5,7,12H,6,8-11H2,1-4H3;1-2H3/b9-3+;7-5-;. The molecule has 0 aliphatic heterocycles. The molecule has 1 atom stereocenters. The molecule has 202 valence electrons. The summed E-state index contributed by atoms with van der Waals surface area (Å²) in [5, 5.41) is 3.83. The number of hydrogen-bond acceptors (Lipinski definition) is 7. The molecule has 0 fully saturated rings. The first-order chi connectivity index (χ1) is 17.6. The van der Waals surface area contributed by atoms with Gasteiger partial charge in [-0.3, -0.25) is 0 Å². The fraction of sp³-hybridized carbons (Fsp3) is 0.517. The van der Waals surface area contributed by atoms with E-state index in [4.69, 9.17) is 14.0 Å². The molecule has 0 radical (unpaired) electrons. The molecule has 0 bridgehead atoms. The van der Waals surface area contributed by atoms with Crippen molar-refractivity contribution in [2.75, 3.05) is 39.2 Å². The van der Waals surface area contributed by atoms with Crippen molar-refractivity contribution in [3.8, 4) is 5.75 Å². The predicted octanol–water partition coefficient (Wildman–Crippen LogP) is 7.31. The van der Waals surface area contributed by atoms with E-state index in [1.807, 2.05) is 63.3 Å². The van der Waals surface area contributed by atoms with Crippen LogP contribution in [0.3, 0.4) is 0 Å². The van der Waals surface area contributed by atoms with Crippen molar-refractivity contribution in [3.63, 3.8) is 0 Å². The van der Waals surface area contributed by atoms with Crippen LogP contribution in [-0.2, 0) is 10.5 Å². The maximum atomic E-state index is 5.59. The van der Waals surface area contributed by atoms with Crippen molar-refractivity contribution in [3.05, 3.63) is 72.9 Å². The molecule has 2 aromatic rings. The molecule has 2 rings (SSSR count). The molecule has 0 N–H and O–H groups in total. The Hall–Kier alpha value is -2.35. The lowest BCUT2D eigenvalue weighted by Gasteiger charge is -2.22. The Bertz CT molecular complexity index is 809. The highest BCUT2D eigenvalue weighted by molar-refractivity contribution is 7.98. The predicted molar refractivity (Wildman–Crippen MR) is 156 cm³/mol. The number of nitrogens with zero attached hydrogens (tertiary/aromatic N) is 3. The van der Waals surface area contributed by atoms with Crippen LogP contribution in [0.2, 0.25) is 0 Å². The molecule has 0 amide bonds. The molecule has 0 aliphatic rings. The molecule has 0 spiro atoms. The second kappa shape index (κ2) is 24.3. The lowest BCUT2D eigenvalue weighted by atomic mass is 10.1. The van der Waals surface area contributed by atoms with Crippen LogP contribution in [0.25, 0.3) is 6.08 Å². The third-order valence-corrected chi connectivity index (χ3v) is 5.85. The second-order valence-electron chi connectivity index (χ2n) is 7.56. The molecule has 1 unspecified atom stereocenters. The minimum absolute atomic E-state index is 0.570. The average Bonchev–Trinajstić information content (AvgIpc) is 3.38. The van der Waals surface area contributed by atoms with E-state index in [0.717, 1.165) is 37.7 Å². The van der Waals surface area contributed by atoms with Gasteiger partial charge >= 0.3 is 0 Å². The lowest BCUT2D eigenvalue weighted by molar-refractivity contribution is 0.147. The van der Waals surface area contributed by atoms with Crippen LogP contribution < -0.4 is 4.74 Å². The molecular weight excluding hydrogens is 470 g/mol. The smallest absolute Gasteiger partial charge is 0.236 e. The normalized spacial score (nSPS) is 11.6. The molecular formula is C29H47N3O3S. The van der Waals surface area contributed by atoms with Crippen LogP contribution in [0.15, 0.2) is 65.7 Å². The van der Waals surface area contributed by atoms with E-state index in [9.17, 15) is 0 Å². The SMILES string of the molecule is C/C=C\COCCCC(C)N(C)CC.C=C/C=C/c1noc(CSCCOc2ccccc2)n1.CC. The molecule has 1 aromatic heterocycles. The van der Waals surface area contributed by atoms with E-state index in [1.54, 1.807) is 30.0 Å². The Morgan fingerprint density at radius 2 is 1.94 bits per heavy atom. The molecule has 6 nitrogen and oxygen atoms in total. The van der Waals surface area contributed by atoms with Crippen molar-refractivity contribution in [1.29, 1.82) is 0 Å². The topological polar surface area (TPSA) is 60.6 Å². The summed E-state index contributed by atoms with van der Waals surface area (Å²) in [7, 11) is 2.17. The largest absolute Gasteiger partial charge is 0.493 e. The average molecular weight is 518 g/mol. The van der Waals surface area contributed by atoms with Gasteiger partial charge in [-0.05, 0) is 58.5 Å². The van der Waals surface area contributed by atoms with E-state index in [0.29, 0.717) is 30.1 Å². The highest BCUT2D eigenvalue weighted by atomic mass is 32.2. The lowest BCUT2D eigenvalue weighted by Crippen LogP contribution is -2.28. The van der Waals surface area contributed by atoms with Gasteiger partial charge in [0, 0.05) is 18.4 Å². The van der Waals surface area contributed by atoms with Gasteiger partial charge in [0.1, 0.15) is 5.75 Å². The number of thioether (sulfide) groups is 1. The molecule has 1 heterocycles. The highest BCUT2D eigenvalue weighted by Gasteiger charge is 2.06. The van der Waals surface area contributed by atoms with Crippen LogP contribution in [-0.4, -0.2) is 60.2 Å². The summed E-state index contributed by atoms with van der Waals surface area (Å²) < 4.78 is 16.1. The van der Waals surface area contributed by atoms with E-state index in [2.05, 4.69) is 42.5 Å². The molecule has 0 aliphatic carbocycles. The van der Waals surface area contributed by atoms with Crippen molar-refractivity contribution < 1.29 is 14.0 Å². The molecule has 7 heteroatoms. The van der Waals surface area contributed by atoms with Crippen LogP contribution >= 0.6 is 11.8 Å². The zero-order valence-corrected chi connectivity index (χ0v) is 24.0. The van der Waals surface area contributed by atoms with Crippen molar-refractivity contribution >= 4 is 17.8 Å². The molecule has 36 heavy (non-hydrogen) atoms. The maximum absolute atomic E-state index is 5.59. The van der Waals surface area contributed by atoms with Gasteiger partial charge in [0.25, 0.3) is 0 Å². The Morgan fingerprint density at radius 3 is 2.61 bits per heavy atom. The maximum Gasteiger partial charge on any atom is 0.236 e. The van der Waals surface area contributed by atoms with Crippen LogP contribution in [0.4, 0.5) is 0 Å². The first kappa shape index (κ1) is 33.7. The van der Waals surface area contributed by atoms with Gasteiger partial charge in [-0.15, -0.1) is 11.8 Å². The zero-order valence-electron chi connectivity index (χ0n) is 23.2. The number of hydrogen-bond donors (Lipinski definition) is 0. The fourth-order valence-electron chi connectivity index (χ4n) is 2.70. The van der Waals surface area contributed by atoms with Gasteiger partial charge in [-0.25, -0.2) is 0 Å². The molecule has 0 saturated heterocycles. The van der Waals surface area contributed by atoms with Crippen molar-refractivity contribution in [2.24, 2.45) is 0 Å². The van der Waals surface area contributed by atoms with E-state index >= 15 is 0 Å². The summed E-state index contributed by atoms with van der Waals surface area (Å²) in [5.41, 5.74) is 0. The van der Waals surface area contributed by atoms with Crippen molar-refractivity contribution in [1.82, 2.24) is 15.0 Å². The monoisotopic (exact) mass is 517 g/mol. The van der Waals surface area contributed by atoms with Gasteiger partial charge in [-0.2, -0.15) is 4.98 Å². The zero-order chi connectivity index (χ0) is 26.9. The Morgan fingerprint density at radius 1 is 1.19 bits per heavy atom. The first-order valence-electron chi connectivity index (χ1n) is 12.9. The Kier molecular flexibility index (Phi) is 22.8. The van der Waals surface area contributed by atoms with Crippen LogP contribution in [0.5, 0.6) is 5.75 Å². The summed E-state index contributed by atoms with van der Waals surface area (Å²) in [4.78, 5) is 6.60. The van der Waals surface area contributed by atoms with E-state index < -0.39 is 0 Å². The van der Waals surface area contributed by atoms with E-state index in [-0.39, 0.29) is 0 Å². The Balaban J connectivity index is 0.000000676. The number of aromatic nitrogens is 2. The summed E-state index contributed by atoms with van der Waals surface area (Å²) in [5.74, 6) is 3.64. The summed E-state index contributed by atoms with van der Waals surface area (Å²) in [6, 6.07) is 10.4. The summed E-state index contributed by atoms with van der Waals surface area (Å²) in [6.45, 7) is 17.5. The number of ether oxygens (including phenoxy) is 2. The van der Waals surface area contributed by atoms with Gasteiger partial charge in [0.05, 0.1) is 19.0 Å². The third-order valence-electron chi connectivity index (χ3n) is 4.94. The van der Waals surface area contributed by atoms with Gasteiger partial charge in [0.2, 0.25) is 5.89 Å². The number of benzene rings is 1. The third kappa shape index (κ3) is 18.0. The second-order valence-corrected chi connectivity index (χ2v) is 8.67. The van der Waals surface area contributed by atoms with E-state index in [1.165, 1.54) is 6.42 Å². The number of para-hydroxylation sites is 1. The van der Waals surface area contributed by atoms with Crippen LogP contribution in [0.1, 0.15) is 59.2 Å². The summed E-state index contributed by atoms with van der Waals surface area (Å²) in [6.07, 6.45) is 11.6. The Labute approximate surface area is 223 Å². The fourth-order valence-corrected chi connectivity index (χ4v) is 3.34. The van der Waals surface area contributed by atoms with Gasteiger partial charge in [-0.1, -0.05) is 75.0 Å². The minimum Gasteiger partial charge on any atom is -0.493 e. The van der Waals surface area contributed by atoms with Gasteiger partial charge < -0.3 is 18.9 Å². The van der Waals surface area contributed by atoms with Gasteiger partial charge in [0.15, 0.2) is 5.82 Å². The molecule has 1 aromatic carbocycles. The minimum atomic E-state index is 0.570.